The van der Waals surface area contributed by atoms with E-state index in [1.54, 1.807) is 7.11 Å². The summed E-state index contributed by atoms with van der Waals surface area (Å²) < 4.78 is 7.85. The number of piperazine rings is 1. The average Bonchev–Trinajstić information content (AvgIpc) is 3.12. The lowest BCUT2D eigenvalue weighted by molar-refractivity contribution is 0.0193. The summed E-state index contributed by atoms with van der Waals surface area (Å²) >= 11 is 0. The van der Waals surface area contributed by atoms with Crippen molar-refractivity contribution in [2.24, 2.45) is 0 Å². The maximum Gasteiger partial charge on any atom is 0.0927 e. The summed E-state index contributed by atoms with van der Waals surface area (Å²) in [6, 6.07) is 7.84. The van der Waals surface area contributed by atoms with Gasteiger partial charge in [0.25, 0.3) is 0 Å². The van der Waals surface area contributed by atoms with Crippen LogP contribution in [-0.2, 0) is 10.3 Å². The summed E-state index contributed by atoms with van der Waals surface area (Å²) in [4.78, 5) is 2.69. The summed E-state index contributed by atoms with van der Waals surface area (Å²) in [5.74, 6) is 0. The molecule has 1 saturated carbocycles. The topological polar surface area (TPSA) is 42.3 Å². The van der Waals surface area contributed by atoms with E-state index in [1.165, 1.54) is 49.7 Å². The van der Waals surface area contributed by atoms with Crippen LogP contribution in [-0.4, -0.2) is 54.0 Å². The van der Waals surface area contributed by atoms with Gasteiger partial charge in [0, 0.05) is 50.9 Å². The van der Waals surface area contributed by atoms with Crippen LogP contribution in [0.25, 0.3) is 10.9 Å². The molecular weight excluding hydrogens is 324 g/mol. The smallest absolute Gasteiger partial charge is 0.0927 e. The van der Waals surface area contributed by atoms with Crippen molar-refractivity contribution in [3.63, 3.8) is 0 Å². The fourth-order valence-electron chi connectivity index (χ4n) is 4.45. The number of rotatable bonds is 4. The Kier molecular flexibility index (Phi) is 5.04. The molecule has 0 spiro atoms. The number of nitrogens with zero attached hydrogens (tertiary/aromatic N) is 3. The Morgan fingerprint density at radius 2 is 1.77 bits per heavy atom. The van der Waals surface area contributed by atoms with Crippen LogP contribution in [0.4, 0.5) is 0 Å². The maximum atomic E-state index is 5.62. The third-order valence-corrected chi connectivity index (χ3v) is 6.44. The second-order valence-electron chi connectivity index (χ2n) is 8.35. The summed E-state index contributed by atoms with van der Waals surface area (Å²) in [5.41, 5.74) is 1.98. The lowest BCUT2D eigenvalue weighted by Gasteiger charge is -2.39. The van der Waals surface area contributed by atoms with E-state index < -0.39 is 0 Å². The molecule has 2 aliphatic rings. The first-order valence-electron chi connectivity index (χ1n) is 10.1. The van der Waals surface area contributed by atoms with Gasteiger partial charge in [-0.25, -0.2) is 0 Å². The zero-order chi connectivity index (χ0) is 18.1. The molecule has 5 nitrogen and oxygen atoms in total. The normalized spacial score (nSPS) is 25.7. The fourth-order valence-corrected chi connectivity index (χ4v) is 4.45. The standard InChI is InChI=1S/C21H32N4O/c1-21(2,26-3)17-5-4-16-15-25(23-20(16)14-17)19-8-6-18(7-9-19)24-12-10-22-11-13-24/h4-5,14-15,18-19,22H,6-13H2,1-3H3. The van der Waals surface area contributed by atoms with Crippen LogP contribution < -0.4 is 5.32 Å². The van der Waals surface area contributed by atoms with Crippen molar-refractivity contribution in [3.05, 3.63) is 30.0 Å². The molecule has 0 atom stereocenters. The number of aromatic nitrogens is 2. The predicted octanol–water partition coefficient (Wildman–Crippen LogP) is 3.31. The van der Waals surface area contributed by atoms with Crippen LogP contribution >= 0.6 is 0 Å². The molecular formula is C21H32N4O. The summed E-state index contributed by atoms with van der Waals surface area (Å²) in [6.07, 6.45) is 7.29. The number of fused-ring (bicyclic) bond motifs is 1. The van der Waals surface area contributed by atoms with E-state index in [0.29, 0.717) is 6.04 Å². The predicted molar refractivity (Wildman–Crippen MR) is 106 cm³/mol. The highest BCUT2D eigenvalue weighted by Gasteiger charge is 2.28. The molecule has 0 radical (unpaired) electrons. The maximum absolute atomic E-state index is 5.62. The van der Waals surface area contributed by atoms with Gasteiger partial charge in [0.15, 0.2) is 0 Å². The van der Waals surface area contributed by atoms with E-state index in [0.717, 1.165) is 24.6 Å². The molecule has 1 saturated heterocycles. The third kappa shape index (κ3) is 3.53. The van der Waals surface area contributed by atoms with Crippen molar-refractivity contribution in [3.8, 4) is 0 Å². The second kappa shape index (κ2) is 7.29. The fraction of sp³-hybridized carbons (Fsp3) is 0.667. The number of hydrogen-bond donors (Lipinski definition) is 1. The number of ether oxygens (including phenoxy) is 1. The van der Waals surface area contributed by atoms with Gasteiger partial charge in [0.05, 0.1) is 17.2 Å². The highest BCUT2D eigenvalue weighted by Crippen LogP contribution is 2.33. The SMILES string of the molecule is COC(C)(C)c1ccc2cn(C3CCC(N4CCNCC4)CC3)nc2c1. The van der Waals surface area contributed by atoms with Gasteiger partial charge in [0.2, 0.25) is 0 Å². The first-order chi connectivity index (χ1) is 12.6. The van der Waals surface area contributed by atoms with Gasteiger partial charge in [-0.3, -0.25) is 9.58 Å². The van der Waals surface area contributed by atoms with Gasteiger partial charge in [-0.05, 0) is 51.2 Å². The molecule has 1 N–H and O–H groups in total. The number of methoxy groups -OCH3 is 1. The number of hydrogen-bond acceptors (Lipinski definition) is 4. The number of nitrogens with one attached hydrogen (secondary N) is 1. The molecule has 0 amide bonds. The van der Waals surface area contributed by atoms with Crippen molar-refractivity contribution in [2.75, 3.05) is 33.3 Å². The largest absolute Gasteiger partial charge is 0.374 e. The molecule has 142 valence electrons. The molecule has 2 aromatic rings. The molecule has 2 fully saturated rings. The van der Waals surface area contributed by atoms with Gasteiger partial charge >= 0.3 is 0 Å². The monoisotopic (exact) mass is 356 g/mol. The minimum absolute atomic E-state index is 0.278. The summed E-state index contributed by atoms with van der Waals surface area (Å²) in [5, 5.41) is 9.60. The Hall–Kier alpha value is -1.43. The zero-order valence-corrected chi connectivity index (χ0v) is 16.4. The molecule has 1 aliphatic carbocycles. The van der Waals surface area contributed by atoms with Gasteiger partial charge in [-0.15, -0.1) is 0 Å². The van der Waals surface area contributed by atoms with Crippen molar-refractivity contribution < 1.29 is 4.74 Å². The molecule has 0 bridgehead atoms. The first kappa shape index (κ1) is 18.0. The lowest BCUT2D eigenvalue weighted by atomic mass is 9.90. The summed E-state index contributed by atoms with van der Waals surface area (Å²) in [6.45, 7) is 8.90. The molecule has 26 heavy (non-hydrogen) atoms. The molecule has 1 aromatic carbocycles. The Balaban J connectivity index is 1.46. The molecule has 0 unspecified atom stereocenters. The van der Waals surface area contributed by atoms with Crippen molar-refractivity contribution in [2.45, 2.75) is 57.2 Å². The number of benzene rings is 1. The summed E-state index contributed by atoms with van der Waals surface area (Å²) in [7, 11) is 1.76. The van der Waals surface area contributed by atoms with Gasteiger partial charge in [0.1, 0.15) is 0 Å². The minimum Gasteiger partial charge on any atom is -0.374 e. The minimum atomic E-state index is -0.278. The quantitative estimate of drug-likeness (QED) is 0.913. The molecule has 1 aromatic heterocycles. The van der Waals surface area contributed by atoms with E-state index in [4.69, 9.17) is 9.84 Å². The van der Waals surface area contributed by atoms with Crippen molar-refractivity contribution >= 4 is 10.9 Å². The van der Waals surface area contributed by atoms with E-state index in [1.807, 2.05) is 0 Å². The van der Waals surface area contributed by atoms with Crippen LogP contribution in [0.5, 0.6) is 0 Å². The average molecular weight is 357 g/mol. The molecule has 1 aliphatic heterocycles. The van der Waals surface area contributed by atoms with Crippen molar-refractivity contribution in [1.29, 1.82) is 0 Å². The molecule has 4 rings (SSSR count). The van der Waals surface area contributed by atoms with E-state index in [-0.39, 0.29) is 5.60 Å². The van der Waals surface area contributed by atoms with Crippen LogP contribution in [0, 0.1) is 0 Å². The van der Waals surface area contributed by atoms with Gasteiger partial charge in [-0.2, -0.15) is 5.10 Å². The van der Waals surface area contributed by atoms with Crippen molar-refractivity contribution in [1.82, 2.24) is 20.0 Å². The molecule has 5 heteroatoms. The highest BCUT2D eigenvalue weighted by molar-refractivity contribution is 5.79. The Labute approximate surface area is 156 Å². The lowest BCUT2D eigenvalue weighted by Crippen LogP contribution is -2.49. The third-order valence-electron chi connectivity index (χ3n) is 6.44. The van der Waals surface area contributed by atoms with Crippen LogP contribution in [0.3, 0.4) is 0 Å². The zero-order valence-electron chi connectivity index (χ0n) is 16.4. The van der Waals surface area contributed by atoms with Crippen LogP contribution in [0.1, 0.15) is 51.1 Å². The van der Waals surface area contributed by atoms with Crippen LogP contribution in [0.15, 0.2) is 24.4 Å². The van der Waals surface area contributed by atoms with E-state index in [9.17, 15) is 0 Å². The van der Waals surface area contributed by atoms with E-state index in [2.05, 4.69) is 53.1 Å². The Morgan fingerprint density at radius 3 is 2.46 bits per heavy atom. The first-order valence-corrected chi connectivity index (χ1v) is 10.1. The van der Waals surface area contributed by atoms with Gasteiger partial charge < -0.3 is 10.1 Å². The highest BCUT2D eigenvalue weighted by atomic mass is 16.5. The van der Waals surface area contributed by atoms with E-state index >= 15 is 0 Å². The van der Waals surface area contributed by atoms with Crippen LogP contribution in [0.2, 0.25) is 0 Å². The second-order valence-corrected chi connectivity index (χ2v) is 8.35. The Bertz CT molecular complexity index is 740. The molecule has 2 heterocycles. The van der Waals surface area contributed by atoms with Gasteiger partial charge in [-0.1, -0.05) is 12.1 Å². The Morgan fingerprint density at radius 1 is 1.08 bits per heavy atom.